The number of rotatable bonds is 8. The highest BCUT2D eigenvalue weighted by atomic mass is 19.2. The van der Waals surface area contributed by atoms with E-state index in [1.54, 1.807) is 48.5 Å². The van der Waals surface area contributed by atoms with Crippen LogP contribution < -0.4 is 4.74 Å². The molecule has 1 atom stereocenters. The predicted octanol–water partition coefficient (Wildman–Crippen LogP) is 8.18. The zero-order chi connectivity index (χ0) is 25.2. The Morgan fingerprint density at radius 3 is 1.86 bits per heavy atom. The molecule has 0 radical (unpaired) electrons. The van der Waals surface area contributed by atoms with Crippen molar-refractivity contribution in [2.24, 2.45) is 0 Å². The first kappa shape index (κ1) is 24.1. The zero-order valence-corrected chi connectivity index (χ0v) is 19.7. The lowest BCUT2D eigenvalue weighted by Gasteiger charge is -2.12. The van der Waals surface area contributed by atoms with Gasteiger partial charge >= 0.3 is 0 Å². The molecule has 1 fully saturated rings. The summed E-state index contributed by atoms with van der Waals surface area (Å²) < 4.78 is 69.1. The summed E-state index contributed by atoms with van der Waals surface area (Å²) in [5, 5.41) is 0. The van der Waals surface area contributed by atoms with Crippen LogP contribution in [-0.4, -0.2) is 6.61 Å². The molecular weight excluding hydrogens is 468 g/mol. The molecule has 2 nitrogen and oxygen atoms in total. The number of hydrogen-bond acceptors (Lipinski definition) is 2. The van der Waals surface area contributed by atoms with Crippen molar-refractivity contribution in [1.29, 1.82) is 0 Å². The van der Waals surface area contributed by atoms with Crippen molar-refractivity contribution in [3.8, 4) is 28.0 Å². The van der Waals surface area contributed by atoms with Crippen molar-refractivity contribution in [1.82, 2.24) is 0 Å². The minimum atomic E-state index is -0.961. The fourth-order valence-electron chi connectivity index (χ4n) is 4.22. The number of hydrogen-bond donors (Lipinski definition) is 0. The normalized spacial score (nSPS) is 14.6. The van der Waals surface area contributed by atoms with E-state index in [-0.39, 0.29) is 35.0 Å². The van der Waals surface area contributed by atoms with E-state index in [9.17, 15) is 17.6 Å². The van der Waals surface area contributed by atoms with Gasteiger partial charge in [0, 0.05) is 22.3 Å². The first-order valence-corrected chi connectivity index (χ1v) is 11.8. The maximum Gasteiger partial charge on any atom is 0.167 e. The van der Waals surface area contributed by atoms with Crippen LogP contribution in [0.25, 0.3) is 22.3 Å². The second kappa shape index (κ2) is 10.2. The number of epoxide rings is 1. The summed E-state index contributed by atoms with van der Waals surface area (Å²) in [6, 6.07) is 19.9. The van der Waals surface area contributed by atoms with Crippen LogP contribution >= 0.6 is 0 Å². The molecule has 0 saturated carbocycles. The van der Waals surface area contributed by atoms with Crippen molar-refractivity contribution < 1.29 is 27.0 Å². The molecule has 0 N–H and O–H groups in total. The first-order chi connectivity index (χ1) is 17.5. The Morgan fingerprint density at radius 1 is 0.722 bits per heavy atom. The van der Waals surface area contributed by atoms with Crippen LogP contribution in [0.2, 0.25) is 0 Å². The average Bonchev–Trinajstić information content (AvgIpc) is 3.73. The van der Waals surface area contributed by atoms with Crippen LogP contribution in [0.4, 0.5) is 17.6 Å². The molecule has 36 heavy (non-hydrogen) atoms. The highest BCUT2D eigenvalue weighted by Gasteiger charge is 2.30. The Balaban J connectivity index is 1.30. The molecule has 1 aliphatic rings. The Kier molecular flexibility index (Phi) is 6.79. The molecule has 1 heterocycles. The molecule has 1 unspecified atom stereocenters. The van der Waals surface area contributed by atoms with Gasteiger partial charge in [-0.15, -0.1) is 0 Å². The molecule has 0 spiro atoms. The Labute approximate surface area is 207 Å². The van der Waals surface area contributed by atoms with E-state index in [2.05, 4.69) is 6.92 Å². The standard InChI is InChI=1S/C30H24F4O2/c1-2-3-18-4-6-19(7-5-18)23-14-15-24(29(33)28(23)32)20-8-11-22(12-9-20)35-16-21-10-13-25(26-17-36-26)30(34)27(21)31/h4-15,26H,2-3,16-17H2,1H3. The molecule has 0 aromatic heterocycles. The van der Waals surface area contributed by atoms with Crippen molar-refractivity contribution in [2.75, 3.05) is 6.61 Å². The zero-order valence-electron chi connectivity index (χ0n) is 19.7. The summed E-state index contributed by atoms with van der Waals surface area (Å²) >= 11 is 0. The van der Waals surface area contributed by atoms with Crippen molar-refractivity contribution in [2.45, 2.75) is 32.5 Å². The van der Waals surface area contributed by atoms with Gasteiger partial charge < -0.3 is 9.47 Å². The third kappa shape index (κ3) is 4.86. The van der Waals surface area contributed by atoms with E-state index in [1.165, 1.54) is 12.1 Å². The number of ether oxygens (including phenoxy) is 2. The Hall–Kier alpha value is -3.64. The molecule has 1 saturated heterocycles. The fraction of sp³-hybridized carbons (Fsp3) is 0.200. The van der Waals surface area contributed by atoms with Crippen LogP contribution in [-0.2, 0) is 17.8 Å². The van der Waals surface area contributed by atoms with E-state index in [1.807, 2.05) is 12.1 Å². The van der Waals surface area contributed by atoms with Gasteiger partial charge in [-0.2, -0.15) is 0 Å². The molecule has 4 aromatic rings. The average molecular weight is 493 g/mol. The van der Waals surface area contributed by atoms with Crippen molar-refractivity contribution >= 4 is 0 Å². The molecule has 4 aromatic carbocycles. The van der Waals surface area contributed by atoms with Gasteiger partial charge in [0.1, 0.15) is 18.5 Å². The van der Waals surface area contributed by atoms with Crippen LogP contribution in [0.15, 0.2) is 72.8 Å². The molecule has 0 bridgehead atoms. The number of halogens is 4. The smallest absolute Gasteiger partial charge is 0.167 e. The maximum absolute atomic E-state index is 15.0. The summed E-state index contributed by atoms with van der Waals surface area (Å²) in [6.07, 6.45) is 1.57. The lowest BCUT2D eigenvalue weighted by molar-refractivity contribution is 0.296. The first-order valence-electron chi connectivity index (χ1n) is 11.8. The number of benzene rings is 4. The highest BCUT2D eigenvalue weighted by Crippen LogP contribution is 2.34. The minimum absolute atomic E-state index is 0.0763. The van der Waals surface area contributed by atoms with Crippen LogP contribution in [0.1, 0.15) is 36.1 Å². The summed E-state index contributed by atoms with van der Waals surface area (Å²) in [6.45, 7) is 2.30. The quantitative estimate of drug-likeness (QED) is 0.183. The second-order valence-corrected chi connectivity index (χ2v) is 8.81. The van der Waals surface area contributed by atoms with Gasteiger partial charge in [0.15, 0.2) is 23.3 Å². The van der Waals surface area contributed by atoms with Crippen LogP contribution in [0, 0.1) is 23.3 Å². The molecule has 0 aliphatic carbocycles. The lowest BCUT2D eigenvalue weighted by Crippen LogP contribution is -2.03. The summed E-state index contributed by atoms with van der Waals surface area (Å²) in [7, 11) is 0. The minimum Gasteiger partial charge on any atom is -0.489 e. The molecule has 6 heteroatoms. The van der Waals surface area contributed by atoms with Gasteiger partial charge in [0.25, 0.3) is 0 Å². The monoisotopic (exact) mass is 492 g/mol. The van der Waals surface area contributed by atoms with E-state index in [4.69, 9.17) is 9.47 Å². The summed E-state index contributed by atoms with van der Waals surface area (Å²) in [5.74, 6) is -3.34. The van der Waals surface area contributed by atoms with E-state index >= 15 is 0 Å². The molecule has 5 rings (SSSR count). The summed E-state index contributed by atoms with van der Waals surface area (Å²) in [5.41, 5.74) is 2.84. The lowest BCUT2D eigenvalue weighted by atomic mass is 9.97. The molecule has 1 aliphatic heterocycles. The molecule has 0 amide bonds. The fourth-order valence-corrected chi connectivity index (χ4v) is 4.22. The van der Waals surface area contributed by atoms with Gasteiger partial charge in [-0.05, 0) is 35.2 Å². The van der Waals surface area contributed by atoms with Crippen molar-refractivity contribution in [3.05, 3.63) is 113 Å². The van der Waals surface area contributed by atoms with Crippen LogP contribution in [0.5, 0.6) is 5.75 Å². The van der Waals surface area contributed by atoms with Gasteiger partial charge in [-0.3, -0.25) is 0 Å². The van der Waals surface area contributed by atoms with Gasteiger partial charge in [-0.25, -0.2) is 17.6 Å². The topological polar surface area (TPSA) is 21.8 Å². The highest BCUT2D eigenvalue weighted by molar-refractivity contribution is 5.72. The summed E-state index contributed by atoms with van der Waals surface area (Å²) in [4.78, 5) is 0. The molecular formula is C30H24F4O2. The van der Waals surface area contributed by atoms with Gasteiger partial charge in [0.05, 0.1) is 6.61 Å². The van der Waals surface area contributed by atoms with E-state index in [0.717, 1.165) is 18.4 Å². The Morgan fingerprint density at radius 2 is 1.31 bits per heavy atom. The SMILES string of the molecule is CCCc1ccc(-c2ccc(-c3ccc(OCc4ccc(C5CO5)c(F)c4F)cc3)c(F)c2F)cc1. The van der Waals surface area contributed by atoms with Crippen LogP contribution in [0.3, 0.4) is 0 Å². The maximum atomic E-state index is 15.0. The van der Waals surface area contributed by atoms with E-state index in [0.29, 0.717) is 23.5 Å². The molecule has 184 valence electrons. The predicted molar refractivity (Wildman–Crippen MR) is 131 cm³/mol. The third-order valence-corrected chi connectivity index (χ3v) is 6.32. The largest absolute Gasteiger partial charge is 0.489 e. The van der Waals surface area contributed by atoms with Crippen molar-refractivity contribution in [3.63, 3.8) is 0 Å². The third-order valence-electron chi connectivity index (χ3n) is 6.32. The van der Waals surface area contributed by atoms with E-state index < -0.39 is 23.3 Å². The van der Waals surface area contributed by atoms with Gasteiger partial charge in [0.2, 0.25) is 0 Å². The van der Waals surface area contributed by atoms with Gasteiger partial charge in [-0.1, -0.05) is 74.0 Å². The Bertz CT molecular complexity index is 1380. The number of aryl methyl sites for hydroxylation is 1. The second-order valence-electron chi connectivity index (χ2n) is 8.81.